The maximum atomic E-state index is 15.1. The molecule has 3 aliphatic heterocycles. The number of pyridine rings is 1. The summed E-state index contributed by atoms with van der Waals surface area (Å²) in [5.41, 5.74) is 3.67. The fourth-order valence-electron chi connectivity index (χ4n) is 5.62. The molecule has 3 aromatic rings. The van der Waals surface area contributed by atoms with Gasteiger partial charge < -0.3 is 9.30 Å². The number of piperidine rings is 2. The highest BCUT2D eigenvalue weighted by molar-refractivity contribution is 6.05. The Morgan fingerprint density at radius 3 is 2.69 bits per heavy atom. The van der Waals surface area contributed by atoms with Crippen molar-refractivity contribution in [3.05, 3.63) is 70.9 Å². The third-order valence-corrected chi connectivity index (χ3v) is 7.47. The summed E-state index contributed by atoms with van der Waals surface area (Å²) in [5.74, 6) is -1.40. The molecule has 180 valence electrons. The quantitative estimate of drug-likeness (QED) is 0.587. The van der Waals surface area contributed by atoms with Crippen LogP contribution >= 0.6 is 0 Å². The normalized spacial score (nSPS) is 21.6. The molecule has 2 saturated heterocycles. The number of amides is 3. The van der Waals surface area contributed by atoms with Crippen LogP contribution in [0.5, 0.6) is 0 Å². The molecule has 2 fully saturated rings. The highest BCUT2D eigenvalue weighted by atomic mass is 19.1. The van der Waals surface area contributed by atoms with Crippen LogP contribution in [-0.4, -0.2) is 56.0 Å². The summed E-state index contributed by atoms with van der Waals surface area (Å²) in [6, 6.07) is 8.40. The van der Waals surface area contributed by atoms with Gasteiger partial charge in [0.25, 0.3) is 5.91 Å². The van der Waals surface area contributed by atoms with Gasteiger partial charge in [0.15, 0.2) is 0 Å². The number of nitrogens with zero attached hydrogens (tertiary/aromatic N) is 4. The van der Waals surface area contributed by atoms with E-state index in [-0.39, 0.29) is 36.5 Å². The second kappa shape index (κ2) is 8.57. The average Bonchev–Trinajstić information content (AvgIpc) is 3.39. The Bertz CT molecular complexity index is 1310. The number of imide groups is 1. The third kappa shape index (κ3) is 3.99. The number of likely N-dealkylation sites (tertiary alicyclic amines) is 1. The minimum Gasteiger partial charge on any atom is -0.322 e. The highest BCUT2D eigenvalue weighted by Gasteiger charge is 2.40. The first kappa shape index (κ1) is 21.9. The SMILES string of the molecule is O=C1CCC(N2Cc3cc(C4CCN(Cc5cn6ccccc6n5)CC4)c(F)cc3C2=O)C(=O)N1. The fourth-order valence-corrected chi connectivity index (χ4v) is 5.62. The number of carbonyl (C=O) groups excluding carboxylic acids is 3. The molecule has 3 aliphatic rings. The molecule has 6 rings (SSSR count). The van der Waals surface area contributed by atoms with Gasteiger partial charge in [-0.25, -0.2) is 9.37 Å². The van der Waals surface area contributed by atoms with Gasteiger partial charge in [-0.05, 0) is 67.6 Å². The summed E-state index contributed by atoms with van der Waals surface area (Å²) < 4.78 is 17.2. The van der Waals surface area contributed by atoms with Gasteiger partial charge in [0.2, 0.25) is 11.8 Å². The lowest BCUT2D eigenvalue weighted by atomic mass is 9.87. The van der Waals surface area contributed by atoms with E-state index in [0.717, 1.165) is 49.4 Å². The summed E-state index contributed by atoms with van der Waals surface area (Å²) >= 11 is 0. The molecular formula is C26H26FN5O3. The Morgan fingerprint density at radius 2 is 1.91 bits per heavy atom. The van der Waals surface area contributed by atoms with E-state index < -0.39 is 11.9 Å². The Hall–Kier alpha value is -3.59. The maximum absolute atomic E-state index is 15.1. The molecule has 9 heteroatoms. The number of nitrogens with one attached hydrogen (secondary N) is 1. The summed E-state index contributed by atoms with van der Waals surface area (Å²) in [5, 5.41) is 2.30. The molecule has 2 aromatic heterocycles. The van der Waals surface area contributed by atoms with Gasteiger partial charge in [0.1, 0.15) is 17.5 Å². The van der Waals surface area contributed by atoms with Crippen LogP contribution in [0.15, 0.2) is 42.7 Å². The first-order chi connectivity index (χ1) is 17.0. The molecule has 1 aromatic carbocycles. The van der Waals surface area contributed by atoms with Crippen molar-refractivity contribution in [2.75, 3.05) is 13.1 Å². The standard InChI is InChI=1S/C26H26FN5O3/c27-21-12-20-17(13-32(26(20)35)22-4-5-24(33)29-25(22)34)11-19(21)16-6-9-30(10-7-16)14-18-15-31-8-2-1-3-23(31)28-18/h1-3,8,11-12,15-16,22H,4-7,9-10,13-14H2,(H,29,33,34). The number of rotatable bonds is 4. The number of halogens is 1. The van der Waals surface area contributed by atoms with E-state index in [1.807, 2.05) is 41.1 Å². The van der Waals surface area contributed by atoms with Gasteiger partial charge in [-0.2, -0.15) is 0 Å². The Morgan fingerprint density at radius 1 is 1.09 bits per heavy atom. The number of benzene rings is 1. The molecule has 3 amide bonds. The molecular weight excluding hydrogens is 449 g/mol. The van der Waals surface area contributed by atoms with E-state index in [9.17, 15) is 14.4 Å². The van der Waals surface area contributed by atoms with Crippen molar-refractivity contribution in [3.63, 3.8) is 0 Å². The first-order valence-corrected chi connectivity index (χ1v) is 12.1. The summed E-state index contributed by atoms with van der Waals surface area (Å²) in [6.07, 6.45) is 6.18. The van der Waals surface area contributed by atoms with Crippen LogP contribution in [0.3, 0.4) is 0 Å². The van der Waals surface area contributed by atoms with Gasteiger partial charge in [-0.1, -0.05) is 12.1 Å². The van der Waals surface area contributed by atoms with Crippen LogP contribution in [0.4, 0.5) is 4.39 Å². The van der Waals surface area contributed by atoms with Crippen molar-refractivity contribution in [3.8, 4) is 0 Å². The smallest absolute Gasteiger partial charge is 0.255 e. The number of hydrogen-bond acceptors (Lipinski definition) is 5. The summed E-state index contributed by atoms with van der Waals surface area (Å²) in [4.78, 5) is 45.2. The summed E-state index contributed by atoms with van der Waals surface area (Å²) in [6.45, 7) is 2.71. The van der Waals surface area contributed by atoms with E-state index in [1.54, 1.807) is 0 Å². The zero-order chi connectivity index (χ0) is 24.1. The minimum absolute atomic E-state index is 0.0809. The Labute approximate surface area is 201 Å². The average molecular weight is 476 g/mol. The molecule has 0 spiro atoms. The van der Waals surface area contributed by atoms with E-state index in [4.69, 9.17) is 0 Å². The van der Waals surface area contributed by atoms with E-state index in [0.29, 0.717) is 17.5 Å². The van der Waals surface area contributed by atoms with E-state index in [1.165, 1.54) is 11.0 Å². The predicted octanol–water partition coefficient (Wildman–Crippen LogP) is 2.61. The molecule has 5 heterocycles. The zero-order valence-corrected chi connectivity index (χ0v) is 19.2. The van der Waals surface area contributed by atoms with Crippen molar-refractivity contribution >= 4 is 23.4 Å². The predicted molar refractivity (Wildman–Crippen MR) is 125 cm³/mol. The second-order valence-electron chi connectivity index (χ2n) is 9.68. The van der Waals surface area contributed by atoms with Crippen molar-refractivity contribution < 1.29 is 18.8 Å². The van der Waals surface area contributed by atoms with Crippen LogP contribution < -0.4 is 5.32 Å². The first-order valence-electron chi connectivity index (χ1n) is 12.1. The lowest BCUT2D eigenvalue weighted by Crippen LogP contribution is -2.52. The largest absolute Gasteiger partial charge is 0.322 e. The number of imidazole rings is 1. The topological polar surface area (TPSA) is 87.0 Å². The number of aromatic nitrogens is 2. The molecule has 0 saturated carbocycles. The second-order valence-corrected chi connectivity index (χ2v) is 9.68. The molecule has 35 heavy (non-hydrogen) atoms. The van der Waals surface area contributed by atoms with Gasteiger partial charge >= 0.3 is 0 Å². The van der Waals surface area contributed by atoms with Crippen LogP contribution in [0.1, 0.15) is 58.8 Å². The van der Waals surface area contributed by atoms with Crippen LogP contribution in [-0.2, 0) is 22.7 Å². The fraction of sp³-hybridized carbons (Fsp3) is 0.385. The number of carbonyl (C=O) groups is 3. The van der Waals surface area contributed by atoms with Gasteiger partial charge in [-0.3, -0.25) is 24.6 Å². The van der Waals surface area contributed by atoms with Crippen molar-refractivity contribution in [2.24, 2.45) is 0 Å². The van der Waals surface area contributed by atoms with Crippen LogP contribution in [0.2, 0.25) is 0 Å². The highest BCUT2D eigenvalue weighted by Crippen LogP contribution is 2.35. The van der Waals surface area contributed by atoms with Crippen LogP contribution in [0.25, 0.3) is 5.65 Å². The Kier molecular flexibility index (Phi) is 5.36. The minimum atomic E-state index is -0.693. The van der Waals surface area contributed by atoms with E-state index in [2.05, 4.69) is 15.2 Å². The van der Waals surface area contributed by atoms with E-state index >= 15 is 4.39 Å². The van der Waals surface area contributed by atoms with Crippen molar-refractivity contribution in [1.82, 2.24) is 24.5 Å². The molecule has 1 atom stereocenters. The molecule has 0 aliphatic carbocycles. The van der Waals surface area contributed by atoms with Crippen molar-refractivity contribution in [2.45, 2.75) is 50.7 Å². The monoisotopic (exact) mass is 475 g/mol. The lowest BCUT2D eigenvalue weighted by molar-refractivity contribution is -0.136. The van der Waals surface area contributed by atoms with Crippen molar-refractivity contribution in [1.29, 1.82) is 0 Å². The molecule has 1 unspecified atom stereocenters. The molecule has 0 bridgehead atoms. The third-order valence-electron chi connectivity index (χ3n) is 7.47. The molecule has 0 radical (unpaired) electrons. The molecule has 8 nitrogen and oxygen atoms in total. The van der Waals surface area contributed by atoms with Gasteiger partial charge in [0.05, 0.1) is 5.69 Å². The van der Waals surface area contributed by atoms with Crippen LogP contribution in [0, 0.1) is 5.82 Å². The summed E-state index contributed by atoms with van der Waals surface area (Å²) in [7, 11) is 0. The number of fused-ring (bicyclic) bond motifs is 2. The number of hydrogen-bond donors (Lipinski definition) is 1. The zero-order valence-electron chi connectivity index (χ0n) is 19.2. The molecule has 1 N–H and O–H groups in total. The van der Waals surface area contributed by atoms with Gasteiger partial charge in [0, 0.05) is 37.5 Å². The lowest BCUT2D eigenvalue weighted by Gasteiger charge is -2.32. The Balaban J connectivity index is 1.13. The van der Waals surface area contributed by atoms with Gasteiger partial charge in [-0.15, -0.1) is 0 Å². The maximum Gasteiger partial charge on any atom is 0.255 e.